The number of rotatable bonds is 3. The minimum Gasteiger partial charge on any atom is -0.399 e. The van der Waals surface area contributed by atoms with Crippen LogP contribution in [0.4, 0.5) is 20.2 Å². The van der Waals surface area contributed by atoms with Crippen LogP contribution in [0.15, 0.2) is 35.5 Å². The zero-order chi connectivity index (χ0) is 14.9. The Hall–Kier alpha value is -1.93. The predicted octanol–water partition coefficient (Wildman–Crippen LogP) is 2.40. The summed E-state index contributed by atoms with van der Waals surface area (Å²) < 4.78 is 53.2. The number of aromatic nitrogens is 1. The summed E-state index contributed by atoms with van der Waals surface area (Å²) in [5, 5.41) is 0.0415. The average molecular weight is 320 g/mol. The first kappa shape index (κ1) is 14.5. The van der Waals surface area contributed by atoms with Crippen molar-refractivity contribution in [2.75, 3.05) is 10.5 Å². The van der Waals surface area contributed by atoms with Crippen LogP contribution in [0.25, 0.3) is 0 Å². The fourth-order valence-electron chi connectivity index (χ4n) is 1.48. The van der Waals surface area contributed by atoms with E-state index in [-0.39, 0.29) is 16.4 Å². The van der Waals surface area contributed by atoms with Gasteiger partial charge in [0.15, 0.2) is 4.90 Å². The maximum atomic E-state index is 13.6. The number of sulfonamides is 1. The highest BCUT2D eigenvalue weighted by Gasteiger charge is 2.25. The normalized spacial score (nSPS) is 11.3. The maximum Gasteiger partial charge on any atom is 0.267 e. The molecule has 9 heteroatoms. The van der Waals surface area contributed by atoms with E-state index >= 15 is 0 Å². The van der Waals surface area contributed by atoms with Gasteiger partial charge in [-0.25, -0.2) is 17.2 Å². The first-order chi connectivity index (χ1) is 9.31. The molecule has 0 amide bonds. The molecule has 20 heavy (non-hydrogen) atoms. The van der Waals surface area contributed by atoms with E-state index in [1.165, 1.54) is 12.3 Å². The molecule has 0 unspecified atom stereocenters. The van der Waals surface area contributed by atoms with E-state index in [2.05, 4.69) is 4.98 Å². The van der Waals surface area contributed by atoms with Crippen LogP contribution in [0.5, 0.6) is 0 Å². The molecule has 0 fully saturated rings. The number of halogens is 3. The minimum absolute atomic E-state index is 0.0415. The van der Waals surface area contributed by atoms with E-state index in [1.54, 1.807) is 0 Å². The van der Waals surface area contributed by atoms with E-state index in [0.29, 0.717) is 12.1 Å². The van der Waals surface area contributed by atoms with Crippen LogP contribution in [0.3, 0.4) is 0 Å². The summed E-state index contributed by atoms with van der Waals surface area (Å²) >= 11 is 5.75. The van der Waals surface area contributed by atoms with Crippen molar-refractivity contribution in [3.8, 4) is 0 Å². The van der Waals surface area contributed by atoms with E-state index in [0.717, 1.165) is 6.20 Å². The van der Waals surface area contributed by atoms with Crippen LogP contribution >= 0.6 is 11.6 Å². The predicted molar refractivity (Wildman–Crippen MR) is 70.8 cm³/mol. The number of pyridine rings is 1. The lowest BCUT2D eigenvalue weighted by Gasteiger charge is -2.11. The number of benzene rings is 1. The molecule has 1 aromatic carbocycles. The molecule has 106 valence electrons. The fourth-order valence-corrected chi connectivity index (χ4v) is 2.88. The van der Waals surface area contributed by atoms with Crippen LogP contribution in [0.2, 0.25) is 5.02 Å². The monoisotopic (exact) mass is 319 g/mol. The molecular weight excluding hydrogens is 312 g/mol. The second-order valence-corrected chi connectivity index (χ2v) is 5.80. The molecule has 0 saturated heterocycles. The molecule has 0 radical (unpaired) electrons. The smallest absolute Gasteiger partial charge is 0.267 e. The number of nitrogens with zero attached hydrogens (tertiary/aromatic N) is 1. The molecule has 2 rings (SSSR count). The Morgan fingerprint density at radius 2 is 1.85 bits per heavy atom. The highest BCUT2D eigenvalue weighted by Crippen LogP contribution is 2.26. The van der Waals surface area contributed by atoms with Gasteiger partial charge < -0.3 is 5.73 Å². The van der Waals surface area contributed by atoms with E-state index < -0.39 is 26.6 Å². The third kappa shape index (κ3) is 2.81. The zero-order valence-electron chi connectivity index (χ0n) is 9.77. The Labute approximate surface area is 118 Å². The highest BCUT2D eigenvalue weighted by molar-refractivity contribution is 7.92. The summed E-state index contributed by atoms with van der Waals surface area (Å²) in [6.45, 7) is 0. The van der Waals surface area contributed by atoms with Crippen LogP contribution in [0.1, 0.15) is 0 Å². The molecule has 0 spiro atoms. The summed E-state index contributed by atoms with van der Waals surface area (Å²) in [5.74, 6) is -2.59. The molecular formula is C11H8ClF2N3O2S. The van der Waals surface area contributed by atoms with Gasteiger partial charge in [0.05, 0.1) is 16.9 Å². The molecule has 2 aromatic rings. The lowest BCUT2D eigenvalue weighted by atomic mass is 10.3. The standard InChI is InChI=1S/C11H8ClF2N3O2S/c12-7-1-2-16-5-10(7)17-20(18,19)11-8(13)3-6(15)4-9(11)14/h1-5,17H,15H2. The fraction of sp³-hybridized carbons (Fsp3) is 0. The third-order valence-electron chi connectivity index (χ3n) is 2.30. The van der Waals surface area contributed by atoms with Gasteiger partial charge >= 0.3 is 0 Å². The number of hydrogen-bond acceptors (Lipinski definition) is 4. The molecule has 0 aliphatic carbocycles. The van der Waals surface area contributed by atoms with Gasteiger partial charge in [-0.1, -0.05) is 11.6 Å². The van der Waals surface area contributed by atoms with Crippen molar-refractivity contribution in [1.29, 1.82) is 0 Å². The molecule has 5 nitrogen and oxygen atoms in total. The van der Waals surface area contributed by atoms with Crippen LogP contribution in [0, 0.1) is 11.6 Å². The van der Waals surface area contributed by atoms with Crippen molar-refractivity contribution < 1.29 is 17.2 Å². The average Bonchev–Trinajstić information content (AvgIpc) is 2.30. The van der Waals surface area contributed by atoms with Crippen LogP contribution in [-0.2, 0) is 10.0 Å². The van der Waals surface area contributed by atoms with Gasteiger partial charge in [-0.3, -0.25) is 9.71 Å². The Bertz CT molecular complexity index is 745. The molecule has 0 aliphatic rings. The first-order valence-corrected chi connectivity index (χ1v) is 7.04. The van der Waals surface area contributed by atoms with Gasteiger partial charge in [-0.05, 0) is 18.2 Å². The topological polar surface area (TPSA) is 85.1 Å². The Kier molecular flexibility index (Phi) is 3.78. The van der Waals surface area contributed by atoms with Crippen LogP contribution < -0.4 is 10.5 Å². The highest BCUT2D eigenvalue weighted by atomic mass is 35.5. The second kappa shape index (κ2) is 5.22. The van der Waals surface area contributed by atoms with Gasteiger partial charge in [-0.15, -0.1) is 0 Å². The van der Waals surface area contributed by atoms with Crippen LogP contribution in [-0.4, -0.2) is 13.4 Å². The number of hydrogen-bond donors (Lipinski definition) is 2. The first-order valence-electron chi connectivity index (χ1n) is 5.18. The number of nitrogens with two attached hydrogens (primary N) is 1. The maximum absolute atomic E-state index is 13.6. The summed E-state index contributed by atoms with van der Waals surface area (Å²) in [6, 6.07) is 2.75. The van der Waals surface area contributed by atoms with E-state index in [4.69, 9.17) is 17.3 Å². The van der Waals surface area contributed by atoms with E-state index in [9.17, 15) is 17.2 Å². The molecule has 1 aromatic heterocycles. The van der Waals surface area contributed by atoms with Crippen molar-refractivity contribution in [3.05, 3.63) is 47.2 Å². The number of nitrogen functional groups attached to an aromatic ring is 1. The second-order valence-electron chi connectivity index (χ2n) is 3.77. The van der Waals surface area contributed by atoms with Gasteiger partial charge in [0.2, 0.25) is 0 Å². The van der Waals surface area contributed by atoms with Gasteiger partial charge in [-0.2, -0.15) is 0 Å². The van der Waals surface area contributed by atoms with Crippen molar-refractivity contribution in [1.82, 2.24) is 4.98 Å². The molecule has 1 heterocycles. The summed E-state index contributed by atoms with van der Waals surface area (Å²) in [4.78, 5) is 2.53. The molecule has 0 bridgehead atoms. The summed E-state index contributed by atoms with van der Waals surface area (Å²) in [6.07, 6.45) is 2.46. The van der Waals surface area contributed by atoms with Crippen molar-refractivity contribution in [2.24, 2.45) is 0 Å². The molecule has 3 N–H and O–H groups in total. The van der Waals surface area contributed by atoms with Crippen molar-refractivity contribution >= 4 is 33.0 Å². The Morgan fingerprint density at radius 1 is 1.25 bits per heavy atom. The van der Waals surface area contributed by atoms with Crippen molar-refractivity contribution in [2.45, 2.75) is 4.90 Å². The Morgan fingerprint density at radius 3 is 2.40 bits per heavy atom. The lowest BCUT2D eigenvalue weighted by Crippen LogP contribution is -2.17. The summed E-state index contributed by atoms with van der Waals surface area (Å²) in [5.41, 5.74) is 4.91. The van der Waals surface area contributed by atoms with Crippen molar-refractivity contribution in [3.63, 3.8) is 0 Å². The quantitative estimate of drug-likeness (QED) is 0.851. The molecule has 0 saturated carbocycles. The largest absolute Gasteiger partial charge is 0.399 e. The van der Waals surface area contributed by atoms with Gasteiger partial charge in [0.1, 0.15) is 11.6 Å². The minimum atomic E-state index is -4.49. The van der Waals surface area contributed by atoms with Gasteiger partial charge in [0, 0.05) is 11.9 Å². The SMILES string of the molecule is Nc1cc(F)c(S(=O)(=O)Nc2cnccc2Cl)c(F)c1. The summed E-state index contributed by atoms with van der Waals surface area (Å²) in [7, 11) is -4.49. The molecule has 0 atom stereocenters. The number of nitrogens with one attached hydrogen (secondary N) is 1. The third-order valence-corrected chi connectivity index (χ3v) is 4.05. The molecule has 0 aliphatic heterocycles. The van der Waals surface area contributed by atoms with E-state index in [1.807, 2.05) is 4.72 Å². The van der Waals surface area contributed by atoms with Gasteiger partial charge in [0.25, 0.3) is 10.0 Å². The zero-order valence-corrected chi connectivity index (χ0v) is 11.3. The number of anilines is 2. The lowest BCUT2D eigenvalue weighted by molar-refractivity contribution is 0.522. The Balaban J connectivity index is 2.50.